The monoisotopic (exact) mass is 181 g/mol. The summed E-state index contributed by atoms with van der Waals surface area (Å²) in [6.45, 7) is 2.55. The second-order valence-electron chi connectivity index (χ2n) is 3.19. The number of phenolic OH excluding ortho intramolecular Hbond substituents is 2. The SMILES string of the molecule is CC(CCN)c1cccc(O)c1O. The fourth-order valence-corrected chi connectivity index (χ4v) is 1.35. The standard InChI is InChI=1S/C10H15NO2/c1-7(5-6-11)8-3-2-4-9(12)10(8)13/h2-4,7,12-13H,5-6,11H2,1H3. The molecule has 0 radical (unpaired) electrons. The van der Waals surface area contributed by atoms with Crippen molar-refractivity contribution in [1.82, 2.24) is 0 Å². The van der Waals surface area contributed by atoms with Crippen LogP contribution in [-0.4, -0.2) is 16.8 Å². The van der Waals surface area contributed by atoms with Crippen LogP contribution in [0, 0.1) is 0 Å². The molecular formula is C10H15NO2. The minimum atomic E-state index is -0.0682. The summed E-state index contributed by atoms with van der Waals surface area (Å²) in [6, 6.07) is 4.99. The number of para-hydroxylation sites is 1. The minimum absolute atomic E-state index is 0.0246. The Morgan fingerprint density at radius 1 is 1.38 bits per heavy atom. The van der Waals surface area contributed by atoms with Crippen molar-refractivity contribution < 1.29 is 10.2 Å². The first-order valence-corrected chi connectivity index (χ1v) is 4.37. The molecule has 1 aromatic rings. The summed E-state index contributed by atoms with van der Waals surface area (Å²) < 4.78 is 0. The van der Waals surface area contributed by atoms with Gasteiger partial charge in [-0.3, -0.25) is 0 Å². The van der Waals surface area contributed by atoms with Gasteiger partial charge >= 0.3 is 0 Å². The van der Waals surface area contributed by atoms with Crippen molar-refractivity contribution in [3.63, 3.8) is 0 Å². The van der Waals surface area contributed by atoms with Crippen molar-refractivity contribution in [3.8, 4) is 11.5 Å². The summed E-state index contributed by atoms with van der Waals surface area (Å²) in [4.78, 5) is 0. The molecule has 1 rings (SSSR count). The molecule has 0 amide bonds. The summed E-state index contributed by atoms with van der Waals surface area (Å²) >= 11 is 0. The molecule has 0 aliphatic carbocycles. The highest BCUT2D eigenvalue weighted by Crippen LogP contribution is 2.34. The number of aromatic hydroxyl groups is 2. The Balaban J connectivity index is 2.93. The first kappa shape index (κ1) is 9.86. The van der Waals surface area contributed by atoms with Gasteiger partial charge in [-0.2, -0.15) is 0 Å². The number of hydrogen-bond acceptors (Lipinski definition) is 3. The fourth-order valence-electron chi connectivity index (χ4n) is 1.35. The van der Waals surface area contributed by atoms with Gasteiger partial charge in [0.1, 0.15) is 0 Å². The molecule has 0 bridgehead atoms. The third-order valence-corrected chi connectivity index (χ3v) is 2.18. The molecule has 72 valence electrons. The second kappa shape index (κ2) is 4.14. The van der Waals surface area contributed by atoms with Crippen molar-refractivity contribution in [2.75, 3.05) is 6.54 Å². The summed E-state index contributed by atoms with van der Waals surface area (Å²) in [7, 11) is 0. The van der Waals surface area contributed by atoms with Gasteiger partial charge in [-0.15, -0.1) is 0 Å². The van der Waals surface area contributed by atoms with Crippen molar-refractivity contribution in [2.45, 2.75) is 19.3 Å². The van der Waals surface area contributed by atoms with Gasteiger partial charge in [0, 0.05) is 5.56 Å². The van der Waals surface area contributed by atoms with Crippen LogP contribution >= 0.6 is 0 Å². The molecule has 0 fully saturated rings. The lowest BCUT2D eigenvalue weighted by atomic mass is 9.97. The Kier molecular flexibility index (Phi) is 3.14. The number of benzene rings is 1. The molecule has 3 heteroatoms. The van der Waals surface area contributed by atoms with Crippen LogP contribution in [-0.2, 0) is 0 Å². The van der Waals surface area contributed by atoms with Gasteiger partial charge in [0.2, 0.25) is 0 Å². The molecule has 0 saturated carbocycles. The number of hydrogen-bond donors (Lipinski definition) is 3. The van der Waals surface area contributed by atoms with Gasteiger partial charge in [-0.05, 0) is 24.9 Å². The van der Waals surface area contributed by atoms with Gasteiger partial charge in [-0.1, -0.05) is 19.1 Å². The zero-order valence-electron chi connectivity index (χ0n) is 7.70. The molecule has 0 spiro atoms. The predicted octanol–water partition coefficient (Wildman–Crippen LogP) is 1.55. The third-order valence-electron chi connectivity index (χ3n) is 2.18. The predicted molar refractivity (Wildman–Crippen MR) is 51.9 cm³/mol. The normalized spacial score (nSPS) is 12.8. The van der Waals surface area contributed by atoms with Crippen LogP contribution in [0.25, 0.3) is 0 Å². The molecule has 4 N–H and O–H groups in total. The van der Waals surface area contributed by atoms with Crippen LogP contribution in [0.1, 0.15) is 24.8 Å². The van der Waals surface area contributed by atoms with Crippen molar-refractivity contribution in [1.29, 1.82) is 0 Å². The van der Waals surface area contributed by atoms with Crippen molar-refractivity contribution in [3.05, 3.63) is 23.8 Å². The largest absolute Gasteiger partial charge is 0.504 e. The van der Waals surface area contributed by atoms with E-state index in [9.17, 15) is 10.2 Å². The molecule has 1 unspecified atom stereocenters. The van der Waals surface area contributed by atoms with E-state index >= 15 is 0 Å². The summed E-state index contributed by atoms with van der Waals surface area (Å²) in [6.07, 6.45) is 0.803. The second-order valence-corrected chi connectivity index (χ2v) is 3.19. The minimum Gasteiger partial charge on any atom is -0.504 e. The quantitative estimate of drug-likeness (QED) is 0.620. The Labute approximate surface area is 77.8 Å². The molecule has 3 nitrogen and oxygen atoms in total. The van der Waals surface area contributed by atoms with E-state index in [1.807, 2.05) is 6.92 Å². The first-order chi connectivity index (χ1) is 6.16. The maximum absolute atomic E-state index is 9.50. The number of rotatable bonds is 3. The number of nitrogens with two attached hydrogens (primary N) is 1. The van der Waals surface area contributed by atoms with E-state index in [1.165, 1.54) is 6.07 Å². The molecular weight excluding hydrogens is 166 g/mol. The molecule has 1 atom stereocenters. The summed E-state index contributed by atoms with van der Waals surface area (Å²) in [5, 5.41) is 18.7. The topological polar surface area (TPSA) is 66.5 Å². The lowest BCUT2D eigenvalue weighted by molar-refractivity contribution is 0.396. The van der Waals surface area contributed by atoms with E-state index in [-0.39, 0.29) is 17.4 Å². The Hall–Kier alpha value is -1.22. The molecule has 13 heavy (non-hydrogen) atoms. The molecule has 0 heterocycles. The van der Waals surface area contributed by atoms with Crippen LogP contribution in [0.3, 0.4) is 0 Å². The van der Waals surface area contributed by atoms with E-state index in [0.29, 0.717) is 6.54 Å². The van der Waals surface area contributed by atoms with E-state index in [4.69, 9.17) is 5.73 Å². The molecule has 1 aromatic carbocycles. The molecule has 0 aromatic heterocycles. The van der Waals surface area contributed by atoms with Crippen LogP contribution in [0.5, 0.6) is 11.5 Å². The molecule has 0 saturated heterocycles. The maximum Gasteiger partial charge on any atom is 0.160 e. The van der Waals surface area contributed by atoms with E-state index in [2.05, 4.69) is 0 Å². The Morgan fingerprint density at radius 2 is 2.08 bits per heavy atom. The molecule has 0 aliphatic rings. The third kappa shape index (κ3) is 2.12. The average Bonchev–Trinajstić information content (AvgIpc) is 2.10. The van der Waals surface area contributed by atoms with E-state index < -0.39 is 0 Å². The smallest absolute Gasteiger partial charge is 0.160 e. The van der Waals surface area contributed by atoms with Crippen LogP contribution in [0.4, 0.5) is 0 Å². The Morgan fingerprint density at radius 3 is 2.69 bits per heavy atom. The number of phenols is 2. The Bertz CT molecular complexity index is 286. The highest BCUT2D eigenvalue weighted by Gasteiger charge is 2.11. The van der Waals surface area contributed by atoms with Crippen molar-refractivity contribution >= 4 is 0 Å². The van der Waals surface area contributed by atoms with Crippen LogP contribution in [0.2, 0.25) is 0 Å². The average molecular weight is 181 g/mol. The van der Waals surface area contributed by atoms with E-state index in [1.54, 1.807) is 12.1 Å². The summed E-state index contributed by atoms with van der Waals surface area (Å²) in [5.41, 5.74) is 6.17. The summed E-state index contributed by atoms with van der Waals surface area (Å²) in [5.74, 6) is 0.0851. The van der Waals surface area contributed by atoms with Gasteiger partial charge in [0.25, 0.3) is 0 Å². The lowest BCUT2D eigenvalue weighted by Gasteiger charge is -2.12. The van der Waals surface area contributed by atoms with E-state index in [0.717, 1.165) is 12.0 Å². The van der Waals surface area contributed by atoms with Crippen LogP contribution < -0.4 is 5.73 Å². The van der Waals surface area contributed by atoms with Gasteiger partial charge in [0.05, 0.1) is 0 Å². The highest BCUT2D eigenvalue weighted by molar-refractivity contribution is 5.45. The zero-order chi connectivity index (χ0) is 9.84. The fraction of sp³-hybridized carbons (Fsp3) is 0.400. The van der Waals surface area contributed by atoms with Gasteiger partial charge in [0.15, 0.2) is 11.5 Å². The van der Waals surface area contributed by atoms with Crippen molar-refractivity contribution in [2.24, 2.45) is 5.73 Å². The lowest BCUT2D eigenvalue weighted by Crippen LogP contribution is -2.04. The molecule has 0 aliphatic heterocycles. The zero-order valence-corrected chi connectivity index (χ0v) is 7.70. The highest BCUT2D eigenvalue weighted by atomic mass is 16.3. The maximum atomic E-state index is 9.50. The van der Waals surface area contributed by atoms with Crippen LogP contribution in [0.15, 0.2) is 18.2 Å². The van der Waals surface area contributed by atoms with Gasteiger partial charge < -0.3 is 15.9 Å². The first-order valence-electron chi connectivity index (χ1n) is 4.37. The van der Waals surface area contributed by atoms with Gasteiger partial charge in [-0.25, -0.2) is 0 Å².